The molecule has 0 saturated heterocycles. The number of allylic oxidation sites excluding steroid dienone is 2. The van der Waals surface area contributed by atoms with Crippen LogP contribution in [-0.4, -0.2) is 4.92 Å². The summed E-state index contributed by atoms with van der Waals surface area (Å²) in [5.41, 5.74) is 1.85. The zero-order valence-corrected chi connectivity index (χ0v) is 11.3. The van der Waals surface area contributed by atoms with E-state index in [2.05, 4.69) is 0 Å². The van der Waals surface area contributed by atoms with Crippen molar-refractivity contribution < 1.29 is 4.92 Å². The summed E-state index contributed by atoms with van der Waals surface area (Å²) in [6.45, 7) is 0. The molecule has 0 bridgehead atoms. The zero-order valence-electron chi connectivity index (χ0n) is 10.6. The third-order valence-electron chi connectivity index (χ3n) is 2.66. The standard InChI is InChI=1S/C16H12ClNO2/c17-15-12-14(10-11-16(15)18(19)20)9-5-4-8-13-6-2-1-3-7-13/h1-12H. The molecule has 0 aliphatic rings. The lowest BCUT2D eigenvalue weighted by Crippen LogP contribution is -1.88. The second-order valence-corrected chi connectivity index (χ2v) is 4.50. The Labute approximate surface area is 122 Å². The highest BCUT2D eigenvalue weighted by molar-refractivity contribution is 6.32. The summed E-state index contributed by atoms with van der Waals surface area (Å²) in [6.07, 6.45) is 7.59. The van der Waals surface area contributed by atoms with Crippen molar-refractivity contribution in [2.45, 2.75) is 0 Å². The van der Waals surface area contributed by atoms with Gasteiger partial charge in [0.2, 0.25) is 0 Å². The molecule has 0 aliphatic carbocycles. The van der Waals surface area contributed by atoms with E-state index in [4.69, 9.17) is 11.6 Å². The average molecular weight is 286 g/mol. The highest BCUT2D eigenvalue weighted by Crippen LogP contribution is 2.25. The molecule has 0 amide bonds. The molecule has 0 atom stereocenters. The van der Waals surface area contributed by atoms with Gasteiger partial charge in [-0.15, -0.1) is 0 Å². The number of hydrogen-bond donors (Lipinski definition) is 0. The molecular weight excluding hydrogens is 274 g/mol. The van der Waals surface area contributed by atoms with Gasteiger partial charge in [0.05, 0.1) is 4.92 Å². The monoisotopic (exact) mass is 285 g/mol. The number of hydrogen-bond acceptors (Lipinski definition) is 2. The zero-order chi connectivity index (χ0) is 14.4. The van der Waals surface area contributed by atoms with Crippen LogP contribution in [0.2, 0.25) is 5.02 Å². The number of nitro groups is 1. The Morgan fingerprint density at radius 2 is 1.60 bits per heavy atom. The van der Waals surface area contributed by atoms with Crippen molar-refractivity contribution in [1.29, 1.82) is 0 Å². The lowest BCUT2D eigenvalue weighted by molar-refractivity contribution is -0.384. The summed E-state index contributed by atoms with van der Waals surface area (Å²) in [4.78, 5) is 10.1. The minimum Gasteiger partial charge on any atom is -0.258 e. The molecule has 100 valence electrons. The van der Waals surface area contributed by atoms with Gasteiger partial charge in [-0.3, -0.25) is 10.1 Å². The molecule has 4 heteroatoms. The fraction of sp³-hybridized carbons (Fsp3) is 0. The van der Waals surface area contributed by atoms with Gasteiger partial charge in [0.1, 0.15) is 5.02 Å². The number of halogens is 1. The Bertz CT molecular complexity index is 663. The average Bonchev–Trinajstić information content (AvgIpc) is 2.44. The van der Waals surface area contributed by atoms with Crippen LogP contribution in [0.15, 0.2) is 60.7 Å². The van der Waals surface area contributed by atoms with Gasteiger partial charge < -0.3 is 0 Å². The maximum atomic E-state index is 10.6. The van der Waals surface area contributed by atoms with Crippen LogP contribution in [0.25, 0.3) is 12.2 Å². The Morgan fingerprint density at radius 3 is 2.20 bits per heavy atom. The predicted molar refractivity (Wildman–Crippen MR) is 82.6 cm³/mol. The quantitative estimate of drug-likeness (QED) is 0.452. The van der Waals surface area contributed by atoms with E-state index in [-0.39, 0.29) is 10.7 Å². The molecule has 0 radical (unpaired) electrons. The minimum absolute atomic E-state index is 0.0800. The van der Waals surface area contributed by atoms with Crippen LogP contribution in [0.4, 0.5) is 5.69 Å². The molecule has 0 spiro atoms. The summed E-state index contributed by atoms with van der Waals surface area (Å²) < 4.78 is 0. The van der Waals surface area contributed by atoms with E-state index in [0.717, 1.165) is 11.1 Å². The first-order chi connectivity index (χ1) is 9.66. The van der Waals surface area contributed by atoms with Crippen molar-refractivity contribution in [3.05, 3.63) is 86.9 Å². The van der Waals surface area contributed by atoms with Gasteiger partial charge in [0.15, 0.2) is 0 Å². The number of nitrogens with zero attached hydrogens (tertiary/aromatic N) is 1. The molecular formula is C16H12ClNO2. The molecule has 0 aromatic heterocycles. The third-order valence-corrected chi connectivity index (χ3v) is 2.96. The molecule has 0 heterocycles. The van der Waals surface area contributed by atoms with E-state index in [1.165, 1.54) is 6.07 Å². The van der Waals surface area contributed by atoms with Crippen molar-refractivity contribution in [2.24, 2.45) is 0 Å². The lowest BCUT2D eigenvalue weighted by atomic mass is 10.1. The first-order valence-electron chi connectivity index (χ1n) is 6.00. The van der Waals surface area contributed by atoms with E-state index in [1.807, 2.05) is 54.6 Å². The highest BCUT2D eigenvalue weighted by Gasteiger charge is 2.10. The van der Waals surface area contributed by atoms with E-state index in [9.17, 15) is 10.1 Å². The van der Waals surface area contributed by atoms with Gasteiger partial charge in [0, 0.05) is 6.07 Å². The Balaban J connectivity index is 2.07. The second-order valence-electron chi connectivity index (χ2n) is 4.10. The Morgan fingerprint density at radius 1 is 0.950 bits per heavy atom. The number of benzene rings is 2. The van der Waals surface area contributed by atoms with Crippen LogP contribution in [-0.2, 0) is 0 Å². The molecule has 0 fully saturated rings. The maximum Gasteiger partial charge on any atom is 0.287 e. The van der Waals surface area contributed by atoms with E-state index in [1.54, 1.807) is 12.1 Å². The first-order valence-corrected chi connectivity index (χ1v) is 6.38. The lowest BCUT2D eigenvalue weighted by Gasteiger charge is -1.96. The summed E-state index contributed by atoms with van der Waals surface area (Å²) in [5, 5.41) is 10.8. The van der Waals surface area contributed by atoms with Gasteiger partial charge >= 0.3 is 0 Å². The molecule has 0 unspecified atom stereocenters. The van der Waals surface area contributed by atoms with Crippen LogP contribution in [0.1, 0.15) is 11.1 Å². The molecule has 0 N–H and O–H groups in total. The van der Waals surface area contributed by atoms with Crippen LogP contribution in [0.3, 0.4) is 0 Å². The predicted octanol–water partition coefficient (Wildman–Crippen LogP) is 4.97. The third kappa shape index (κ3) is 3.80. The number of nitro benzene ring substituents is 1. The van der Waals surface area contributed by atoms with Crippen molar-refractivity contribution in [2.75, 3.05) is 0 Å². The smallest absolute Gasteiger partial charge is 0.258 e. The Hall–Kier alpha value is -2.39. The molecule has 0 aliphatic heterocycles. The van der Waals surface area contributed by atoms with Gasteiger partial charge in [-0.05, 0) is 23.3 Å². The summed E-state index contributed by atoms with van der Waals surface area (Å²) in [5.74, 6) is 0. The fourth-order valence-electron chi connectivity index (χ4n) is 1.67. The van der Waals surface area contributed by atoms with E-state index in [0.29, 0.717) is 0 Å². The van der Waals surface area contributed by atoms with Crippen molar-refractivity contribution in [3.63, 3.8) is 0 Å². The van der Waals surface area contributed by atoms with Gasteiger partial charge in [-0.25, -0.2) is 0 Å². The van der Waals surface area contributed by atoms with E-state index < -0.39 is 4.92 Å². The topological polar surface area (TPSA) is 43.1 Å². The van der Waals surface area contributed by atoms with Crippen LogP contribution in [0.5, 0.6) is 0 Å². The van der Waals surface area contributed by atoms with Gasteiger partial charge in [-0.2, -0.15) is 0 Å². The molecule has 20 heavy (non-hydrogen) atoms. The Kier molecular flexibility index (Phi) is 4.69. The fourth-order valence-corrected chi connectivity index (χ4v) is 1.93. The van der Waals surface area contributed by atoms with Crippen molar-refractivity contribution in [1.82, 2.24) is 0 Å². The highest BCUT2D eigenvalue weighted by atomic mass is 35.5. The normalized spacial score (nSPS) is 11.2. The SMILES string of the molecule is O=[N+]([O-])c1ccc(C=CC=Cc2ccccc2)cc1Cl. The largest absolute Gasteiger partial charge is 0.287 e. The van der Waals surface area contributed by atoms with E-state index >= 15 is 0 Å². The van der Waals surface area contributed by atoms with Crippen LogP contribution in [0, 0.1) is 10.1 Å². The maximum absolute atomic E-state index is 10.6. The van der Waals surface area contributed by atoms with Gasteiger partial charge in [-0.1, -0.05) is 66.2 Å². The molecule has 2 rings (SSSR count). The van der Waals surface area contributed by atoms with Crippen LogP contribution < -0.4 is 0 Å². The summed E-state index contributed by atoms with van der Waals surface area (Å²) in [6, 6.07) is 14.6. The first kappa shape index (κ1) is 14.0. The summed E-state index contributed by atoms with van der Waals surface area (Å²) >= 11 is 5.84. The van der Waals surface area contributed by atoms with Crippen LogP contribution >= 0.6 is 11.6 Å². The van der Waals surface area contributed by atoms with Crippen molar-refractivity contribution >= 4 is 29.4 Å². The number of rotatable bonds is 4. The second kappa shape index (κ2) is 6.68. The minimum atomic E-state index is -0.495. The molecule has 2 aromatic rings. The van der Waals surface area contributed by atoms with Gasteiger partial charge in [0.25, 0.3) is 5.69 Å². The molecule has 0 saturated carbocycles. The summed E-state index contributed by atoms with van der Waals surface area (Å²) in [7, 11) is 0. The van der Waals surface area contributed by atoms with Crippen molar-refractivity contribution in [3.8, 4) is 0 Å². The molecule has 2 aromatic carbocycles. The molecule has 3 nitrogen and oxygen atoms in total.